The lowest BCUT2D eigenvalue weighted by atomic mass is 10.1. The molecular formula is C9H11N5. The third kappa shape index (κ3) is 2.07. The number of anilines is 1. The van der Waals surface area contributed by atoms with Gasteiger partial charge in [0.15, 0.2) is 0 Å². The molecule has 2 aromatic rings. The van der Waals surface area contributed by atoms with Crippen molar-refractivity contribution in [2.45, 2.75) is 12.8 Å². The lowest BCUT2D eigenvalue weighted by Gasteiger charge is -1.96. The molecule has 0 fully saturated rings. The summed E-state index contributed by atoms with van der Waals surface area (Å²) in [5.41, 5.74) is 6.62. The predicted molar refractivity (Wildman–Crippen MR) is 52.4 cm³/mol. The van der Waals surface area contributed by atoms with Gasteiger partial charge < -0.3 is 5.73 Å². The molecule has 2 heterocycles. The Hall–Kier alpha value is -1.91. The summed E-state index contributed by atoms with van der Waals surface area (Å²) in [6.07, 6.45) is 5.29. The van der Waals surface area contributed by atoms with Crippen molar-refractivity contribution in [1.29, 1.82) is 0 Å². The van der Waals surface area contributed by atoms with E-state index in [0.717, 1.165) is 18.7 Å². The number of aromatic amines is 1. The normalized spacial score (nSPS) is 10.3. The minimum Gasteiger partial charge on any atom is -0.367 e. The number of hydrogen-bond donors (Lipinski definition) is 2. The summed E-state index contributed by atoms with van der Waals surface area (Å²) in [5, 5.41) is 6.53. The smallest absolute Gasteiger partial charge is 0.239 e. The molecule has 0 bridgehead atoms. The van der Waals surface area contributed by atoms with Gasteiger partial charge in [0.2, 0.25) is 5.95 Å². The fraction of sp³-hybridized carbons (Fsp3) is 0.222. The first-order valence-electron chi connectivity index (χ1n) is 4.40. The van der Waals surface area contributed by atoms with E-state index in [9.17, 15) is 0 Å². The van der Waals surface area contributed by atoms with E-state index in [4.69, 9.17) is 5.73 Å². The molecule has 14 heavy (non-hydrogen) atoms. The number of nitrogen functional groups attached to an aromatic ring is 1. The van der Waals surface area contributed by atoms with E-state index in [2.05, 4.69) is 20.2 Å². The third-order valence-electron chi connectivity index (χ3n) is 1.95. The van der Waals surface area contributed by atoms with Crippen LogP contribution in [0.15, 0.2) is 24.5 Å². The number of nitrogens with one attached hydrogen (secondary N) is 1. The van der Waals surface area contributed by atoms with E-state index in [-0.39, 0.29) is 0 Å². The van der Waals surface area contributed by atoms with Gasteiger partial charge in [0.1, 0.15) is 5.82 Å². The molecule has 0 atom stereocenters. The van der Waals surface area contributed by atoms with E-state index in [1.165, 1.54) is 5.56 Å². The fourth-order valence-electron chi connectivity index (χ4n) is 1.23. The summed E-state index contributed by atoms with van der Waals surface area (Å²) in [6, 6.07) is 3.97. The first kappa shape index (κ1) is 8.68. The number of pyridine rings is 1. The summed E-state index contributed by atoms with van der Waals surface area (Å²) >= 11 is 0. The number of rotatable bonds is 3. The highest BCUT2D eigenvalue weighted by Crippen LogP contribution is 2.02. The molecule has 0 aliphatic rings. The average Bonchev–Trinajstić information content (AvgIpc) is 2.63. The van der Waals surface area contributed by atoms with Crippen LogP contribution in [0.5, 0.6) is 0 Å². The van der Waals surface area contributed by atoms with Crippen molar-refractivity contribution in [3.63, 3.8) is 0 Å². The van der Waals surface area contributed by atoms with Crippen LogP contribution in [0.2, 0.25) is 0 Å². The maximum atomic E-state index is 5.38. The van der Waals surface area contributed by atoms with Gasteiger partial charge in [-0.15, -0.1) is 5.10 Å². The van der Waals surface area contributed by atoms with Crippen LogP contribution in [-0.4, -0.2) is 20.2 Å². The van der Waals surface area contributed by atoms with Gasteiger partial charge in [-0.2, -0.15) is 4.98 Å². The minimum atomic E-state index is 0.301. The molecule has 72 valence electrons. The Morgan fingerprint density at radius 2 is 2.00 bits per heavy atom. The third-order valence-corrected chi connectivity index (χ3v) is 1.95. The lowest BCUT2D eigenvalue weighted by Crippen LogP contribution is -1.94. The number of aryl methyl sites for hydroxylation is 2. The lowest BCUT2D eigenvalue weighted by molar-refractivity contribution is 0.863. The van der Waals surface area contributed by atoms with E-state index in [1.54, 1.807) is 12.4 Å². The second kappa shape index (κ2) is 3.87. The second-order valence-corrected chi connectivity index (χ2v) is 3.00. The Morgan fingerprint density at radius 1 is 1.21 bits per heavy atom. The summed E-state index contributed by atoms with van der Waals surface area (Å²) in [7, 11) is 0. The zero-order valence-electron chi connectivity index (χ0n) is 7.64. The summed E-state index contributed by atoms with van der Waals surface area (Å²) in [6.45, 7) is 0. The number of nitrogens with two attached hydrogens (primary N) is 1. The minimum absolute atomic E-state index is 0.301. The molecule has 3 N–H and O–H groups in total. The van der Waals surface area contributed by atoms with Crippen molar-refractivity contribution in [3.05, 3.63) is 35.9 Å². The molecule has 0 aliphatic heterocycles. The molecule has 2 rings (SSSR count). The Balaban J connectivity index is 1.95. The molecule has 0 aromatic carbocycles. The number of hydrogen-bond acceptors (Lipinski definition) is 4. The molecule has 5 heteroatoms. The van der Waals surface area contributed by atoms with Crippen LogP contribution in [-0.2, 0) is 12.8 Å². The Bertz CT molecular complexity index is 395. The monoisotopic (exact) mass is 189 g/mol. The van der Waals surface area contributed by atoms with Gasteiger partial charge in [0, 0.05) is 18.8 Å². The molecular weight excluding hydrogens is 178 g/mol. The highest BCUT2D eigenvalue weighted by molar-refractivity contribution is 5.15. The highest BCUT2D eigenvalue weighted by Gasteiger charge is 1.99. The quantitative estimate of drug-likeness (QED) is 0.739. The molecule has 0 spiro atoms. The van der Waals surface area contributed by atoms with Gasteiger partial charge >= 0.3 is 0 Å². The van der Waals surface area contributed by atoms with E-state index < -0.39 is 0 Å². The van der Waals surface area contributed by atoms with Crippen LogP contribution < -0.4 is 5.73 Å². The zero-order valence-corrected chi connectivity index (χ0v) is 7.64. The number of nitrogens with zero attached hydrogens (tertiary/aromatic N) is 3. The Morgan fingerprint density at radius 3 is 2.64 bits per heavy atom. The van der Waals surface area contributed by atoms with Crippen molar-refractivity contribution in [1.82, 2.24) is 20.2 Å². The van der Waals surface area contributed by atoms with E-state index >= 15 is 0 Å². The molecule has 0 aliphatic carbocycles. The first-order valence-corrected chi connectivity index (χ1v) is 4.40. The Kier molecular flexibility index (Phi) is 2.40. The van der Waals surface area contributed by atoms with Crippen molar-refractivity contribution >= 4 is 5.95 Å². The van der Waals surface area contributed by atoms with Gasteiger partial charge in [0.25, 0.3) is 0 Å². The summed E-state index contributed by atoms with van der Waals surface area (Å²) in [5.74, 6) is 1.12. The van der Waals surface area contributed by atoms with Crippen LogP contribution in [0.4, 0.5) is 5.95 Å². The maximum Gasteiger partial charge on any atom is 0.239 e. The molecule has 0 radical (unpaired) electrons. The van der Waals surface area contributed by atoms with Crippen LogP contribution in [0.1, 0.15) is 11.4 Å². The summed E-state index contributed by atoms with van der Waals surface area (Å²) < 4.78 is 0. The van der Waals surface area contributed by atoms with Crippen LogP contribution in [0.3, 0.4) is 0 Å². The second-order valence-electron chi connectivity index (χ2n) is 3.00. The molecule has 5 nitrogen and oxygen atoms in total. The van der Waals surface area contributed by atoms with E-state index in [1.807, 2.05) is 12.1 Å². The van der Waals surface area contributed by atoms with Gasteiger partial charge in [-0.1, -0.05) is 0 Å². The first-order chi connectivity index (χ1) is 6.84. The molecule has 0 unspecified atom stereocenters. The van der Waals surface area contributed by atoms with Gasteiger partial charge in [0.05, 0.1) is 0 Å². The fourth-order valence-corrected chi connectivity index (χ4v) is 1.23. The average molecular weight is 189 g/mol. The number of aromatic nitrogens is 4. The summed E-state index contributed by atoms with van der Waals surface area (Å²) in [4.78, 5) is 7.97. The van der Waals surface area contributed by atoms with Gasteiger partial charge in [-0.25, -0.2) is 0 Å². The Labute approximate surface area is 81.4 Å². The van der Waals surface area contributed by atoms with Crippen molar-refractivity contribution in [2.24, 2.45) is 0 Å². The van der Waals surface area contributed by atoms with Crippen LogP contribution in [0, 0.1) is 0 Å². The van der Waals surface area contributed by atoms with Crippen molar-refractivity contribution in [2.75, 3.05) is 5.73 Å². The molecule has 2 aromatic heterocycles. The largest absolute Gasteiger partial charge is 0.367 e. The zero-order chi connectivity index (χ0) is 9.80. The molecule has 0 saturated heterocycles. The predicted octanol–water partition coefficient (Wildman–Crippen LogP) is 0.567. The van der Waals surface area contributed by atoms with Gasteiger partial charge in [-0.3, -0.25) is 10.1 Å². The highest BCUT2D eigenvalue weighted by atomic mass is 15.3. The SMILES string of the molecule is Nc1n[nH]c(CCc2ccncc2)n1. The van der Waals surface area contributed by atoms with Crippen LogP contribution >= 0.6 is 0 Å². The van der Waals surface area contributed by atoms with E-state index in [0.29, 0.717) is 5.95 Å². The van der Waals surface area contributed by atoms with Crippen molar-refractivity contribution in [3.8, 4) is 0 Å². The molecule has 0 amide bonds. The number of H-pyrrole nitrogens is 1. The van der Waals surface area contributed by atoms with Crippen LogP contribution in [0.25, 0.3) is 0 Å². The topological polar surface area (TPSA) is 80.5 Å². The maximum absolute atomic E-state index is 5.38. The van der Waals surface area contributed by atoms with Crippen molar-refractivity contribution < 1.29 is 0 Å². The standard InChI is InChI=1S/C9H11N5/c10-9-12-8(13-14-9)2-1-7-3-5-11-6-4-7/h3-6H,1-2H2,(H3,10,12,13,14). The molecule has 0 saturated carbocycles. The van der Waals surface area contributed by atoms with Gasteiger partial charge in [-0.05, 0) is 24.1 Å².